The standard InChI is InChI=1S/C20H22FNO4/c1-24-18-5-3-4-17(19(18)25-2)20(23)22-10-11-26-16(13-22)12-14-6-8-15(21)9-7-14/h3-9,16H,10-13H2,1-2H3. The van der Waals surface area contributed by atoms with Gasteiger partial charge in [0.25, 0.3) is 5.91 Å². The van der Waals surface area contributed by atoms with E-state index in [4.69, 9.17) is 14.2 Å². The van der Waals surface area contributed by atoms with Gasteiger partial charge in [-0.2, -0.15) is 0 Å². The number of carbonyl (C=O) groups excluding carboxylic acids is 1. The van der Waals surface area contributed by atoms with Gasteiger partial charge < -0.3 is 19.1 Å². The van der Waals surface area contributed by atoms with Crippen molar-refractivity contribution in [3.8, 4) is 11.5 Å². The number of methoxy groups -OCH3 is 2. The van der Waals surface area contributed by atoms with Crippen molar-refractivity contribution in [3.05, 3.63) is 59.4 Å². The SMILES string of the molecule is COc1cccc(C(=O)N2CCOC(Cc3ccc(F)cc3)C2)c1OC. The van der Waals surface area contributed by atoms with Crippen molar-refractivity contribution in [2.45, 2.75) is 12.5 Å². The normalized spacial score (nSPS) is 17.0. The highest BCUT2D eigenvalue weighted by Crippen LogP contribution is 2.31. The maximum Gasteiger partial charge on any atom is 0.257 e. The number of nitrogens with zero attached hydrogens (tertiary/aromatic N) is 1. The van der Waals surface area contributed by atoms with Gasteiger partial charge in [-0.25, -0.2) is 4.39 Å². The molecule has 0 bridgehead atoms. The topological polar surface area (TPSA) is 48.0 Å². The molecule has 0 aliphatic carbocycles. The molecule has 26 heavy (non-hydrogen) atoms. The lowest BCUT2D eigenvalue weighted by molar-refractivity contribution is -0.0209. The van der Waals surface area contributed by atoms with E-state index >= 15 is 0 Å². The number of morpholine rings is 1. The molecule has 5 nitrogen and oxygen atoms in total. The van der Waals surface area contributed by atoms with Crippen molar-refractivity contribution in [1.82, 2.24) is 4.90 Å². The van der Waals surface area contributed by atoms with Gasteiger partial charge in [-0.05, 0) is 29.8 Å². The predicted molar refractivity (Wildman–Crippen MR) is 95.3 cm³/mol. The Morgan fingerprint density at radius 1 is 1.19 bits per heavy atom. The van der Waals surface area contributed by atoms with E-state index in [0.717, 1.165) is 5.56 Å². The zero-order valence-electron chi connectivity index (χ0n) is 14.9. The lowest BCUT2D eigenvalue weighted by Crippen LogP contribution is -2.46. The molecule has 1 atom stereocenters. The maximum atomic E-state index is 13.0. The van der Waals surface area contributed by atoms with E-state index in [9.17, 15) is 9.18 Å². The van der Waals surface area contributed by atoms with Gasteiger partial charge >= 0.3 is 0 Å². The summed E-state index contributed by atoms with van der Waals surface area (Å²) in [6.07, 6.45) is 0.494. The fourth-order valence-corrected chi connectivity index (χ4v) is 3.14. The van der Waals surface area contributed by atoms with E-state index in [1.165, 1.54) is 19.2 Å². The molecular weight excluding hydrogens is 337 g/mol. The maximum absolute atomic E-state index is 13.0. The van der Waals surface area contributed by atoms with E-state index < -0.39 is 0 Å². The number of hydrogen-bond donors (Lipinski definition) is 0. The third-order valence-corrected chi connectivity index (χ3v) is 4.44. The largest absolute Gasteiger partial charge is 0.493 e. The first-order valence-corrected chi connectivity index (χ1v) is 8.48. The second-order valence-electron chi connectivity index (χ2n) is 6.12. The zero-order valence-corrected chi connectivity index (χ0v) is 14.9. The highest BCUT2D eigenvalue weighted by atomic mass is 19.1. The van der Waals surface area contributed by atoms with Gasteiger partial charge in [0.15, 0.2) is 11.5 Å². The summed E-state index contributed by atoms with van der Waals surface area (Å²) in [4.78, 5) is 14.7. The fourth-order valence-electron chi connectivity index (χ4n) is 3.14. The lowest BCUT2D eigenvalue weighted by atomic mass is 10.1. The molecule has 1 aliphatic heterocycles. The summed E-state index contributed by atoms with van der Waals surface area (Å²) in [6.45, 7) is 1.44. The number of halogens is 1. The van der Waals surface area contributed by atoms with Crippen LogP contribution in [0.15, 0.2) is 42.5 Å². The molecule has 2 aromatic carbocycles. The van der Waals surface area contributed by atoms with Crippen LogP contribution >= 0.6 is 0 Å². The number of rotatable bonds is 5. The molecule has 1 aliphatic rings. The van der Waals surface area contributed by atoms with Crippen LogP contribution in [0.1, 0.15) is 15.9 Å². The molecule has 0 radical (unpaired) electrons. The first-order valence-electron chi connectivity index (χ1n) is 8.48. The van der Waals surface area contributed by atoms with Crippen molar-refractivity contribution >= 4 is 5.91 Å². The van der Waals surface area contributed by atoms with Crippen LogP contribution in [0.3, 0.4) is 0 Å². The van der Waals surface area contributed by atoms with Gasteiger partial charge in [0.1, 0.15) is 5.82 Å². The number of amides is 1. The molecule has 1 unspecified atom stereocenters. The highest BCUT2D eigenvalue weighted by molar-refractivity contribution is 5.98. The summed E-state index contributed by atoms with van der Waals surface area (Å²) in [6, 6.07) is 11.6. The van der Waals surface area contributed by atoms with E-state index in [0.29, 0.717) is 43.2 Å². The Morgan fingerprint density at radius 3 is 2.65 bits per heavy atom. The van der Waals surface area contributed by atoms with Crippen molar-refractivity contribution in [2.24, 2.45) is 0 Å². The van der Waals surface area contributed by atoms with Crippen molar-refractivity contribution in [3.63, 3.8) is 0 Å². The van der Waals surface area contributed by atoms with Gasteiger partial charge in [0.05, 0.1) is 32.5 Å². The van der Waals surface area contributed by atoms with E-state index in [2.05, 4.69) is 0 Å². The minimum absolute atomic E-state index is 0.117. The Bertz CT molecular complexity index is 763. The Labute approximate surface area is 152 Å². The lowest BCUT2D eigenvalue weighted by Gasteiger charge is -2.33. The summed E-state index contributed by atoms with van der Waals surface area (Å²) in [5.74, 6) is 0.574. The van der Waals surface area contributed by atoms with Gasteiger partial charge in [-0.15, -0.1) is 0 Å². The van der Waals surface area contributed by atoms with E-state index in [-0.39, 0.29) is 17.8 Å². The van der Waals surface area contributed by atoms with E-state index in [1.807, 2.05) is 0 Å². The zero-order chi connectivity index (χ0) is 18.5. The molecule has 6 heteroatoms. The second kappa shape index (κ2) is 8.19. The van der Waals surface area contributed by atoms with Gasteiger partial charge in [0.2, 0.25) is 0 Å². The minimum atomic E-state index is -0.264. The summed E-state index contributed by atoms with van der Waals surface area (Å²) in [5.41, 5.74) is 1.44. The summed E-state index contributed by atoms with van der Waals surface area (Å²) in [7, 11) is 3.06. The third-order valence-electron chi connectivity index (χ3n) is 4.44. The molecule has 138 valence electrons. The highest BCUT2D eigenvalue weighted by Gasteiger charge is 2.27. The monoisotopic (exact) mass is 359 g/mol. The van der Waals surface area contributed by atoms with Gasteiger partial charge in [-0.3, -0.25) is 4.79 Å². The molecule has 0 saturated carbocycles. The number of hydrogen-bond acceptors (Lipinski definition) is 4. The summed E-state index contributed by atoms with van der Waals surface area (Å²) in [5, 5.41) is 0. The molecular formula is C20H22FNO4. The third kappa shape index (κ3) is 3.96. The molecule has 1 amide bonds. The minimum Gasteiger partial charge on any atom is -0.493 e. The van der Waals surface area contributed by atoms with E-state index in [1.54, 1.807) is 42.3 Å². The predicted octanol–water partition coefficient (Wildman–Crippen LogP) is 2.93. The molecule has 3 rings (SSSR count). The summed E-state index contributed by atoms with van der Waals surface area (Å²) < 4.78 is 29.5. The Kier molecular flexibility index (Phi) is 5.73. The average molecular weight is 359 g/mol. The fraction of sp³-hybridized carbons (Fsp3) is 0.350. The number of para-hydroxylation sites is 1. The molecule has 1 fully saturated rings. The van der Waals surface area contributed by atoms with Crippen LogP contribution in [0, 0.1) is 5.82 Å². The van der Waals surface area contributed by atoms with Crippen LogP contribution in [0.2, 0.25) is 0 Å². The Balaban J connectivity index is 1.73. The Hall–Kier alpha value is -2.60. The molecule has 1 heterocycles. The molecule has 2 aromatic rings. The van der Waals surface area contributed by atoms with Crippen LogP contribution in [0.5, 0.6) is 11.5 Å². The van der Waals surface area contributed by atoms with Crippen LogP contribution < -0.4 is 9.47 Å². The first-order chi connectivity index (χ1) is 12.6. The summed E-state index contributed by atoms with van der Waals surface area (Å²) >= 11 is 0. The molecule has 0 spiro atoms. The Morgan fingerprint density at radius 2 is 1.96 bits per heavy atom. The first kappa shape index (κ1) is 18.2. The van der Waals surface area contributed by atoms with Crippen molar-refractivity contribution in [2.75, 3.05) is 33.9 Å². The number of benzene rings is 2. The number of carbonyl (C=O) groups is 1. The van der Waals surface area contributed by atoms with Crippen molar-refractivity contribution < 1.29 is 23.4 Å². The second-order valence-corrected chi connectivity index (χ2v) is 6.12. The van der Waals surface area contributed by atoms with Crippen LogP contribution in [-0.4, -0.2) is 50.8 Å². The molecule has 0 aromatic heterocycles. The van der Waals surface area contributed by atoms with Gasteiger partial charge in [0, 0.05) is 19.5 Å². The molecule has 0 N–H and O–H groups in total. The smallest absolute Gasteiger partial charge is 0.257 e. The van der Waals surface area contributed by atoms with Crippen LogP contribution in [0.4, 0.5) is 4.39 Å². The van der Waals surface area contributed by atoms with Crippen LogP contribution in [0.25, 0.3) is 0 Å². The van der Waals surface area contributed by atoms with Gasteiger partial charge in [-0.1, -0.05) is 18.2 Å². The average Bonchev–Trinajstić information content (AvgIpc) is 2.68. The number of ether oxygens (including phenoxy) is 3. The molecule has 1 saturated heterocycles. The van der Waals surface area contributed by atoms with Crippen LogP contribution in [-0.2, 0) is 11.2 Å². The quantitative estimate of drug-likeness (QED) is 0.824. The van der Waals surface area contributed by atoms with Crippen molar-refractivity contribution in [1.29, 1.82) is 0 Å².